The van der Waals surface area contributed by atoms with Gasteiger partial charge in [0.05, 0.1) is 17.1 Å². The molecule has 0 atom stereocenters. The van der Waals surface area contributed by atoms with Crippen molar-refractivity contribution in [2.75, 3.05) is 0 Å². The highest BCUT2D eigenvalue weighted by Crippen LogP contribution is 2.17. The zero-order chi connectivity index (χ0) is 20.3. The first-order valence-corrected chi connectivity index (χ1v) is 10.4. The van der Waals surface area contributed by atoms with Crippen LogP contribution >= 0.6 is 0 Å². The molecule has 3 heterocycles. The molecular formula is C22H34N6. The summed E-state index contributed by atoms with van der Waals surface area (Å²) in [6, 6.07) is 6.30. The molecule has 3 rings (SSSR count). The summed E-state index contributed by atoms with van der Waals surface area (Å²) in [5.74, 6) is 1.73. The minimum atomic E-state index is -0.234. The Balaban J connectivity index is 1.95. The molecule has 0 saturated carbocycles. The predicted octanol–water partition coefficient (Wildman–Crippen LogP) is 4.42. The van der Waals surface area contributed by atoms with Gasteiger partial charge in [0.2, 0.25) is 6.29 Å². The van der Waals surface area contributed by atoms with E-state index in [0.717, 1.165) is 36.3 Å². The van der Waals surface area contributed by atoms with Gasteiger partial charge < -0.3 is 0 Å². The average molecular weight is 383 g/mol. The van der Waals surface area contributed by atoms with Crippen LogP contribution in [0.5, 0.6) is 0 Å². The van der Waals surface area contributed by atoms with E-state index in [1.165, 1.54) is 0 Å². The number of aromatic nitrogens is 6. The molecule has 0 aliphatic heterocycles. The standard InChI is InChI=1S/C22H34N6/c1-16(2)13-19-7-10-26(23-19)22(27-11-8-20(24-27)14-17(3)4)28-12-9-21(25-28)15-18(5)6/h7-12,16-18,22H,13-15H2,1-6H3. The summed E-state index contributed by atoms with van der Waals surface area (Å²) in [6.45, 7) is 13.3. The summed E-state index contributed by atoms with van der Waals surface area (Å²) in [7, 11) is 0. The first-order chi connectivity index (χ1) is 13.3. The van der Waals surface area contributed by atoms with Crippen molar-refractivity contribution in [3.8, 4) is 0 Å². The molecule has 6 nitrogen and oxygen atoms in total. The highest BCUT2D eigenvalue weighted by atomic mass is 15.6. The molecule has 0 aromatic carbocycles. The lowest BCUT2D eigenvalue weighted by atomic mass is 10.1. The lowest BCUT2D eigenvalue weighted by molar-refractivity contribution is 0.279. The van der Waals surface area contributed by atoms with Crippen LogP contribution in [0.4, 0.5) is 0 Å². The number of hydrogen-bond donors (Lipinski definition) is 0. The molecule has 0 amide bonds. The van der Waals surface area contributed by atoms with Crippen molar-refractivity contribution in [2.45, 2.75) is 67.1 Å². The normalized spacial score (nSPS) is 12.2. The summed E-state index contributed by atoms with van der Waals surface area (Å²) in [5.41, 5.74) is 3.30. The van der Waals surface area contributed by atoms with E-state index in [0.29, 0.717) is 17.8 Å². The predicted molar refractivity (Wildman–Crippen MR) is 112 cm³/mol. The minimum absolute atomic E-state index is 0.234. The fraction of sp³-hybridized carbons (Fsp3) is 0.591. The zero-order valence-corrected chi connectivity index (χ0v) is 18.1. The van der Waals surface area contributed by atoms with Gasteiger partial charge in [0.25, 0.3) is 0 Å². The molecule has 0 N–H and O–H groups in total. The third kappa shape index (κ3) is 5.12. The van der Waals surface area contributed by atoms with Gasteiger partial charge in [-0.1, -0.05) is 41.5 Å². The Bertz CT molecular complexity index is 752. The summed E-state index contributed by atoms with van der Waals surface area (Å²) in [6.07, 6.45) is 8.78. The van der Waals surface area contributed by atoms with E-state index in [-0.39, 0.29) is 6.29 Å². The first kappa shape index (κ1) is 20.4. The first-order valence-electron chi connectivity index (χ1n) is 10.4. The van der Waals surface area contributed by atoms with Gasteiger partial charge in [0, 0.05) is 18.6 Å². The van der Waals surface area contributed by atoms with Gasteiger partial charge in [-0.2, -0.15) is 15.3 Å². The number of rotatable bonds is 9. The third-order valence-electron chi connectivity index (χ3n) is 4.55. The number of nitrogens with zero attached hydrogens (tertiary/aromatic N) is 6. The Kier molecular flexibility index (Phi) is 6.37. The Morgan fingerprint density at radius 1 is 0.571 bits per heavy atom. The van der Waals surface area contributed by atoms with Crippen LogP contribution in [0.1, 0.15) is 64.9 Å². The molecule has 0 fully saturated rings. The van der Waals surface area contributed by atoms with Crippen LogP contribution in [0, 0.1) is 17.8 Å². The van der Waals surface area contributed by atoms with Gasteiger partial charge in [0.15, 0.2) is 0 Å². The van der Waals surface area contributed by atoms with Crippen molar-refractivity contribution in [1.29, 1.82) is 0 Å². The van der Waals surface area contributed by atoms with Crippen LogP contribution in [0.25, 0.3) is 0 Å². The second kappa shape index (κ2) is 8.76. The van der Waals surface area contributed by atoms with Gasteiger partial charge >= 0.3 is 0 Å². The molecule has 6 heteroatoms. The molecule has 28 heavy (non-hydrogen) atoms. The minimum Gasteiger partial charge on any atom is -0.227 e. The maximum atomic E-state index is 4.84. The van der Waals surface area contributed by atoms with Crippen LogP contribution in [-0.2, 0) is 19.3 Å². The van der Waals surface area contributed by atoms with Gasteiger partial charge in [-0.15, -0.1) is 0 Å². The molecule has 0 saturated heterocycles. The molecular weight excluding hydrogens is 348 g/mol. The molecule has 0 spiro atoms. The number of hydrogen-bond acceptors (Lipinski definition) is 3. The quantitative estimate of drug-likeness (QED) is 0.550. The molecule has 0 bridgehead atoms. The van der Waals surface area contributed by atoms with E-state index in [2.05, 4.69) is 59.7 Å². The molecule has 152 valence electrons. The van der Waals surface area contributed by atoms with Crippen LogP contribution < -0.4 is 0 Å². The van der Waals surface area contributed by atoms with Crippen molar-refractivity contribution < 1.29 is 0 Å². The van der Waals surface area contributed by atoms with E-state index in [4.69, 9.17) is 15.3 Å². The maximum Gasteiger partial charge on any atom is 0.238 e. The molecule has 0 aliphatic rings. The van der Waals surface area contributed by atoms with Crippen LogP contribution in [0.2, 0.25) is 0 Å². The second-order valence-corrected chi connectivity index (χ2v) is 9.00. The monoisotopic (exact) mass is 382 g/mol. The summed E-state index contributed by atoms with van der Waals surface area (Å²) in [4.78, 5) is 0. The largest absolute Gasteiger partial charge is 0.238 e. The smallest absolute Gasteiger partial charge is 0.227 e. The Morgan fingerprint density at radius 2 is 0.857 bits per heavy atom. The van der Waals surface area contributed by atoms with Crippen LogP contribution in [-0.4, -0.2) is 29.3 Å². The van der Waals surface area contributed by atoms with Crippen molar-refractivity contribution >= 4 is 0 Å². The Hall–Kier alpha value is -2.37. The average Bonchev–Trinajstić information content (AvgIpc) is 3.30. The fourth-order valence-corrected chi connectivity index (χ4v) is 3.46. The molecule has 3 aromatic heterocycles. The van der Waals surface area contributed by atoms with E-state index in [9.17, 15) is 0 Å². The van der Waals surface area contributed by atoms with Gasteiger partial charge in [0.1, 0.15) is 0 Å². The van der Waals surface area contributed by atoms with Gasteiger partial charge in [-0.05, 0) is 55.2 Å². The second-order valence-electron chi connectivity index (χ2n) is 9.00. The third-order valence-corrected chi connectivity index (χ3v) is 4.55. The molecule has 3 aromatic rings. The van der Waals surface area contributed by atoms with E-state index >= 15 is 0 Å². The van der Waals surface area contributed by atoms with Crippen LogP contribution in [0.3, 0.4) is 0 Å². The summed E-state index contributed by atoms with van der Waals surface area (Å²) in [5, 5.41) is 14.5. The van der Waals surface area contributed by atoms with E-state index < -0.39 is 0 Å². The SMILES string of the molecule is CC(C)Cc1ccn(C(n2ccc(CC(C)C)n2)n2ccc(CC(C)C)n2)n1. The highest BCUT2D eigenvalue weighted by Gasteiger charge is 2.20. The van der Waals surface area contributed by atoms with Crippen molar-refractivity contribution in [3.63, 3.8) is 0 Å². The summed E-state index contributed by atoms with van der Waals surface area (Å²) < 4.78 is 5.90. The fourth-order valence-electron chi connectivity index (χ4n) is 3.46. The Labute approximate surface area is 168 Å². The lowest BCUT2D eigenvalue weighted by Crippen LogP contribution is -2.28. The highest BCUT2D eigenvalue weighted by molar-refractivity contribution is 5.05. The lowest BCUT2D eigenvalue weighted by Gasteiger charge is -2.19. The Morgan fingerprint density at radius 3 is 1.11 bits per heavy atom. The van der Waals surface area contributed by atoms with E-state index in [1.807, 2.05) is 32.6 Å². The molecule has 0 radical (unpaired) electrons. The van der Waals surface area contributed by atoms with Gasteiger partial charge in [-0.25, -0.2) is 14.0 Å². The molecule has 0 unspecified atom stereocenters. The van der Waals surface area contributed by atoms with Crippen molar-refractivity contribution in [2.24, 2.45) is 17.8 Å². The zero-order valence-electron chi connectivity index (χ0n) is 18.1. The van der Waals surface area contributed by atoms with Crippen LogP contribution in [0.15, 0.2) is 36.8 Å². The maximum absolute atomic E-state index is 4.84. The van der Waals surface area contributed by atoms with Crippen molar-refractivity contribution in [1.82, 2.24) is 29.3 Å². The molecule has 0 aliphatic carbocycles. The van der Waals surface area contributed by atoms with E-state index in [1.54, 1.807) is 0 Å². The van der Waals surface area contributed by atoms with Gasteiger partial charge in [-0.3, -0.25) is 0 Å². The summed E-state index contributed by atoms with van der Waals surface area (Å²) >= 11 is 0. The topological polar surface area (TPSA) is 53.5 Å². The van der Waals surface area contributed by atoms with Crippen molar-refractivity contribution in [3.05, 3.63) is 53.9 Å².